The van der Waals surface area contributed by atoms with Gasteiger partial charge in [0.25, 0.3) is 0 Å². The van der Waals surface area contributed by atoms with Crippen molar-refractivity contribution in [2.75, 3.05) is 20.1 Å². The van der Waals surface area contributed by atoms with Gasteiger partial charge in [-0.2, -0.15) is 0 Å². The van der Waals surface area contributed by atoms with Gasteiger partial charge in [-0.3, -0.25) is 9.59 Å². The van der Waals surface area contributed by atoms with E-state index in [9.17, 15) is 9.59 Å². The lowest BCUT2D eigenvalue weighted by atomic mass is 9.93. The Morgan fingerprint density at radius 2 is 2.25 bits per heavy atom. The molecule has 0 radical (unpaired) electrons. The van der Waals surface area contributed by atoms with E-state index < -0.39 is 0 Å². The van der Waals surface area contributed by atoms with Crippen molar-refractivity contribution in [3.05, 3.63) is 34.9 Å². The van der Waals surface area contributed by atoms with Gasteiger partial charge in [-0.05, 0) is 37.1 Å². The van der Waals surface area contributed by atoms with E-state index in [4.69, 9.17) is 11.6 Å². The van der Waals surface area contributed by atoms with E-state index in [0.29, 0.717) is 17.6 Å². The standard InChI is InChI=1S/C17H22ClN3O2.ClH/c1-21-15(22)9-14(16(21)11-4-2-5-12(18)8-11)17(23)20-10-13-6-3-7-19-13;/h2,4-5,8,13-14,16,19H,3,6-7,9-10H2,1H3,(H,20,23);1H. The lowest BCUT2D eigenvalue weighted by Crippen LogP contribution is -2.41. The topological polar surface area (TPSA) is 61.4 Å². The zero-order valence-corrected chi connectivity index (χ0v) is 15.2. The Bertz CT molecular complexity index is 605. The minimum Gasteiger partial charge on any atom is -0.354 e. The first-order valence-corrected chi connectivity index (χ1v) is 8.46. The van der Waals surface area contributed by atoms with Gasteiger partial charge in [0.05, 0.1) is 12.0 Å². The number of nitrogens with one attached hydrogen (secondary N) is 2. The average Bonchev–Trinajstić information content (AvgIpc) is 3.14. The molecule has 24 heavy (non-hydrogen) atoms. The van der Waals surface area contributed by atoms with Crippen LogP contribution in [0.15, 0.2) is 24.3 Å². The highest BCUT2D eigenvalue weighted by Crippen LogP contribution is 2.37. The Kier molecular flexibility index (Phi) is 6.49. The molecule has 0 spiro atoms. The zero-order valence-electron chi connectivity index (χ0n) is 13.6. The van der Waals surface area contributed by atoms with E-state index in [1.54, 1.807) is 18.0 Å². The van der Waals surface area contributed by atoms with Crippen LogP contribution in [-0.4, -0.2) is 42.9 Å². The molecule has 2 aliphatic rings. The van der Waals surface area contributed by atoms with E-state index in [1.165, 1.54) is 0 Å². The van der Waals surface area contributed by atoms with E-state index in [-0.39, 0.29) is 42.6 Å². The van der Waals surface area contributed by atoms with Crippen LogP contribution in [0.25, 0.3) is 0 Å². The maximum absolute atomic E-state index is 12.6. The Labute approximate surface area is 153 Å². The van der Waals surface area contributed by atoms with Crippen LogP contribution in [0.3, 0.4) is 0 Å². The number of hydrogen-bond acceptors (Lipinski definition) is 3. The van der Waals surface area contributed by atoms with E-state index in [2.05, 4.69) is 10.6 Å². The van der Waals surface area contributed by atoms with Crippen molar-refractivity contribution in [2.45, 2.75) is 31.3 Å². The van der Waals surface area contributed by atoms with Gasteiger partial charge in [-0.25, -0.2) is 0 Å². The SMILES string of the molecule is CN1C(=O)CC(C(=O)NCC2CCCN2)C1c1cccc(Cl)c1.Cl. The Morgan fingerprint density at radius 1 is 1.46 bits per heavy atom. The molecule has 2 heterocycles. The van der Waals surface area contributed by atoms with Crippen LogP contribution in [0, 0.1) is 5.92 Å². The second kappa shape index (κ2) is 8.19. The van der Waals surface area contributed by atoms with Crippen LogP contribution in [0.2, 0.25) is 5.02 Å². The third kappa shape index (κ3) is 4.02. The largest absolute Gasteiger partial charge is 0.354 e. The monoisotopic (exact) mass is 371 g/mol. The maximum Gasteiger partial charge on any atom is 0.226 e. The van der Waals surface area contributed by atoms with Crippen molar-refractivity contribution in [1.29, 1.82) is 0 Å². The normalized spacial score (nSPS) is 26.3. The molecule has 3 atom stereocenters. The highest BCUT2D eigenvalue weighted by Gasteiger charge is 2.42. The summed E-state index contributed by atoms with van der Waals surface area (Å²) in [6, 6.07) is 7.50. The third-order valence-electron chi connectivity index (χ3n) is 4.80. The number of rotatable bonds is 4. The Balaban J connectivity index is 0.00000208. The first-order valence-electron chi connectivity index (χ1n) is 8.08. The number of nitrogens with zero attached hydrogens (tertiary/aromatic N) is 1. The van der Waals surface area contributed by atoms with Gasteiger partial charge in [0.15, 0.2) is 0 Å². The number of hydrogen-bond donors (Lipinski definition) is 2. The fourth-order valence-electron chi connectivity index (χ4n) is 3.54. The Morgan fingerprint density at radius 3 is 2.92 bits per heavy atom. The highest BCUT2D eigenvalue weighted by atomic mass is 35.5. The molecule has 3 unspecified atom stereocenters. The number of likely N-dealkylation sites (tertiary alicyclic amines) is 1. The second-order valence-corrected chi connectivity index (χ2v) is 6.79. The quantitative estimate of drug-likeness (QED) is 0.852. The molecule has 1 aromatic carbocycles. The predicted molar refractivity (Wildman–Crippen MR) is 96.4 cm³/mol. The van der Waals surface area contributed by atoms with Gasteiger partial charge in [0.2, 0.25) is 11.8 Å². The molecule has 2 aliphatic heterocycles. The molecular weight excluding hydrogens is 349 g/mol. The number of carbonyl (C=O) groups is 2. The molecule has 2 amide bonds. The highest BCUT2D eigenvalue weighted by molar-refractivity contribution is 6.30. The molecule has 1 aromatic rings. The second-order valence-electron chi connectivity index (χ2n) is 6.35. The summed E-state index contributed by atoms with van der Waals surface area (Å²) in [5, 5.41) is 6.98. The molecule has 132 valence electrons. The van der Waals surface area contributed by atoms with E-state index in [0.717, 1.165) is 24.9 Å². The fraction of sp³-hybridized carbons (Fsp3) is 0.529. The van der Waals surface area contributed by atoms with E-state index in [1.807, 2.05) is 18.2 Å². The van der Waals surface area contributed by atoms with Crippen molar-refractivity contribution in [3.8, 4) is 0 Å². The smallest absolute Gasteiger partial charge is 0.226 e. The minimum absolute atomic E-state index is 0. The summed E-state index contributed by atoms with van der Waals surface area (Å²) < 4.78 is 0. The first-order chi connectivity index (χ1) is 11.1. The minimum atomic E-state index is -0.368. The summed E-state index contributed by atoms with van der Waals surface area (Å²) in [7, 11) is 1.75. The van der Waals surface area contributed by atoms with Crippen molar-refractivity contribution < 1.29 is 9.59 Å². The van der Waals surface area contributed by atoms with Gasteiger partial charge in [-0.15, -0.1) is 12.4 Å². The molecule has 2 fully saturated rings. The van der Waals surface area contributed by atoms with Crippen molar-refractivity contribution in [3.63, 3.8) is 0 Å². The van der Waals surface area contributed by atoms with Crippen molar-refractivity contribution in [2.24, 2.45) is 5.92 Å². The first kappa shape index (κ1) is 19.0. The van der Waals surface area contributed by atoms with Gasteiger partial charge in [0.1, 0.15) is 0 Å². The molecule has 2 saturated heterocycles. The van der Waals surface area contributed by atoms with Crippen molar-refractivity contribution in [1.82, 2.24) is 15.5 Å². The average molecular weight is 372 g/mol. The van der Waals surface area contributed by atoms with Crippen LogP contribution in [-0.2, 0) is 9.59 Å². The number of halogens is 2. The Hall–Kier alpha value is -1.30. The summed E-state index contributed by atoms with van der Waals surface area (Å²) in [5.41, 5.74) is 0.907. The van der Waals surface area contributed by atoms with Gasteiger partial charge in [0, 0.05) is 31.1 Å². The number of benzene rings is 1. The summed E-state index contributed by atoms with van der Waals surface area (Å²) >= 11 is 6.07. The van der Waals surface area contributed by atoms with Gasteiger partial charge < -0.3 is 15.5 Å². The molecule has 7 heteroatoms. The molecule has 0 aliphatic carbocycles. The summed E-state index contributed by atoms with van der Waals surface area (Å²) in [4.78, 5) is 26.4. The maximum atomic E-state index is 12.6. The molecule has 5 nitrogen and oxygen atoms in total. The molecule has 0 aromatic heterocycles. The fourth-order valence-corrected chi connectivity index (χ4v) is 3.74. The van der Waals surface area contributed by atoms with Crippen LogP contribution in [0.5, 0.6) is 0 Å². The molecule has 3 rings (SSSR count). The third-order valence-corrected chi connectivity index (χ3v) is 5.03. The summed E-state index contributed by atoms with van der Waals surface area (Å²) in [5.74, 6) is -0.428. The number of carbonyl (C=O) groups excluding carboxylic acids is 2. The zero-order chi connectivity index (χ0) is 16.4. The lowest BCUT2D eigenvalue weighted by Gasteiger charge is -2.25. The lowest BCUT2D eigenvalue weighted by molar-refractivity contribution is -0.128. The molecule has 0 bridgehead atoms. The van der Waals surface area contributed by atoms with Crippen LogP contribution >= 0.6 is 24.0 Å². The molecule has 0 saturated carbocycles. The summed E-state index contributed by atoms with van der Waals surface area (Å²) in [6.45, 7) is 1.63. The molecular formula is C17H23Cl2N3O2. The van der Waals surface area contributed by atoms with Gasteiger partial charge in [-0.1, -0.05) is 23.7 Å². The van der Waals surface area contributed by atoms with Crippen molar-refractivity contribution >= 4 is 35.8 Å². The van der Waals surface area contributed by atoms with Gasteiger partial charge >= 0.3 is 0 Å². The van der Waals surface area contributed by atoms with Crippen LogP contribution < -0.4 is 10.6 Å². The molecule has 2 N–H and O–H groups in total. The predicted octanol–water partition coefficient (Wildman–Crippen LogP) is 2.15. The van der Waals surface area contributed by atoms with Crippen LogP contribution in [0.4, 0.5) is 0 Å². The van der Waals surface area contributed by atoms with Crippen LogP contribution in [0.1, 0.15) is 30.9 Å². The number of amides is 2. The summed E-state index contributed by atoms with van der Waals surface area (Å²) in [6.07, 6.45) is 2.48. The van der Waals surface area contributed by atoms with E-state index >= 15 is 0 Å².